The number of hydrogen-bond donors (Lipinski definition) is 2. The van der Waals surface area contributed by atoms with Gasteiger partial charge in [0, 0.05) is 29.6 Å². The van der Waals surface area contributed by atoms with Crippen molar-refractivity contribution in [1.29, 1.82) is 0 Å². The van der Waals surface area contributed by atoms with E-state index in [4.69, 9.17) is 0 Å². The van der Waals surface area contributed by atoms with Crippen molar-refractivity contribution in [2.45, 2.75) is 50.6 Å². The van der Waals surface area contributed by atoms with E-state index in [0.717, 1.165) is 50.4 Å². The molecule has 2 aromatic heterocycles. The first-order valence-corrected chi connectivity index (χ1v) is 10.5. The molecule has 2 aliphatic rings. The molecule has 1 fully saturated rings. The molecule has 0 bridgehead atoms. The minimum Gasteiger partial charge on any atom is -0.311 e. The highest BCUT2D eigenvalue weighted by Gasteiger charge is 2.32. The van der Waals surface area contributed by atoms with E-state index in [1.807, 2.05) is 0 Å². The van der Waals surface area contributed by atoms with Gasteiger partial charge in [-0.3, -0.25) is 14.8 Å². The van der Waals surface area contributed by atoms with Gasteiger partial charge in [0.05, 0.1) is 5.56 Å². The van der Waals surface area contributed by atoms with E-state index < -0.39 is 23.0 Å². The number of aromatic amines is 2. The Morgan fingerprint density at radius 3 is 2.52 bits per heavy atom. The van der Waals surface area contributed by atoms with Gasteiger partial charge in [0.25, 0.3) is 5.56 Å². The van der Waals surface area contributed by atoms with Crippen LogP contribution < -0.4 is 11.2 Å². The van der Waals surface area contributed by atoms with Gasteiger partial charge in [-0.15, -0.1) is 0 Å². The van der Waals surface area contributed by atoms with E-state index in [1.165, 1.54) is 0 Å². The predicted molar refractivity (Wildman–Crippen MR) is 111 cm³/mol. The Bertz CT molecular complexity index is 1110. The maximum atomic E-state index is 13.0. The van der Waals surface area contributed by atoms with Crippen LogP contribution >= 0.6 is 0 Å². The van der Waals surface area contributed by atoms with Crippen LogP contribution in [0.15, 0.2) is 52.2 Å². The summed E-state index contributed by atoms with van der Waals surface area (Å²) < 4.78 is 39.1. The SMILES string of the molecule is O=c1[nH]c(C2CCC(C3C=CC=CC3)CC2)c(Cc2cc(C(F)(F)F)ccn2)c(=O)[nH]1. The van der Waals surface area contributed by atoms with Crippen LogP contribution in [0.2, 0.25) is 0 Å². The summed E-state index contributed by atoms with van der Waals surface area (Å²) >= 11 is 0. The van der Waals surface area contributed by atoms with Crippen molar-refractivity contribution in [2.24, 2.45) is 11.8 Å². The number of alkyl halides is 3. The van der Waals surface area contributed by atoms with Gasteiger partial charge in [0.2, 0.25) is 0 Å². The molecule has 8 heteroatoms. The number of H-pyrrole nitrogens is 2. The molecule has 4 rings (SSSR count). The molecule has 5 nitrogen and oxygen atoms in total. The monoisotopic (exact) mass is 431 g/mol. The molecule has 31 heavy (non-hydrogen) atoms. The van der Waals surface area contributed by atoms with E-state index in [2.05, 4.69) is 39.3 Å². The van der Waals surface area contributed by atoms with Crippen molar-refractivity contribution in [3.63, 3.8) is 0 Å². The Kier molecular flexibility index (Phi) is 5.98. The van der Waals surface area contributed by atoms with Crippen LogP contribution in [0.5, 0.6) is 0 Å². The van der Waals surface area contributed by atoms with E-state index in [0.29, 0.717) is 17.5 Å². The Labute approximate surface area is 177 Å². The van der Waals surface area contributed by atoms with Crippen molar-refractivity contribution >= 4 is 0 Å². The average molecular weight is 431 g/mol. The number of allylic oxidation sites excluding steroid dienone is 4. The average Bonchev–Trinajstić information content (AvgIpc) is 2.76. The van der Waals surface area contributed by atoms with E-state index in [1.54, 1.807) is 0 Å². The molecule has 0 spiro atoms. The number of nitrogens with zero attached hydrogens (tertiary/aromatic N) is 1. The van der Waals surface area contributed by atoms with Gasteiger partial charge in [0.1, 0.15) is 0 Å². The lowest BCUT2D eigenvalue weighted by Gasteiger charge is -2.33. The van der Waals surface area contributed by atoms with Crippen LogP contribution in [0, 0.1) is 11.8 Å². The summed E-state index contributed by atoms with van der Waals surface area (Å²) in [6, 6.07) is 1.85. The van der Waals surface area contributed by atoms with Crippen molar-refractivity contribution < 1.29 is 13.2 Å². The Hall–Kier alpha value is -2.90. The Morgan fingerprint density at radius 1 is 1.06 bits per heavy atom. The topological polar surface area (TPSA) is 78.6 Å². The fourth-order valence-electron chi connectivity index (χ4n) is 4.77. The minimum atomic E-state index is -4.49. The first-order chi connectivity index (χ1) is 14.8. The molecule has 2 N–H and O–H groups in total. The number of aromatic nitrogens is 3. The van der Waals surface area contributed by atoms with Crippen LogP contribution in [0.3, 0.4) is 0 Å². The molecular weight excluding hydrogens is 407 g/mol. The lowest BCUT2D eigenvalue weighted by molar-refractivity contribution is -0.137. The van der Waals surface area contributed by atoms with Crippen LogP contribution in [0.4, 0.5) is 13.2 Å². The van der Waals surface area contributed by atoms with E-state index in [-0.39, 0.29) is 23.6 Å². The summed E-state index contributed by atoms with van der Waals surface area (Å²) in [7, 11) is 0. The third-order valence-corrected chi connectivity index (χ3v) is 6.38. The van der Waals surface area contributed by atoms with Crippen LogP contribution in [0.1, 0.15) is 60.5 Å². The first kappa shape index (κ1) is 21.3. The van der Waals surface area contributed by atoms with Crippen molar-refractivity contribution in [1.82, 2.24) is 15.0 Å². The van der Waals surface area contributed by atoms with Gasteiger partial charge in [-0.25, -0.2) is 4.79 Å². The molecule has 2 aliphatic carbocycles. The summed E-state index contributed by atoms with van der Waals surface area (Å²) in [6.07, 6.45) is 9.70. The molecule has 2 heterocycles. The van der Waals surface area contributed by atoms with Gasteiger partial charge >= 0.3 is 11.9 Å². The van der Waals surface area contributed by atoms with Gasteiger partial charge < -0.3 is 4.98 Å². The lowest BCUT2D eigenvalue weighted by Crippen LogP contribution is -2.31. The number of pyridine rings is 1. The van der Waals surface area contributed by atoms with Gasteiger partial charge in [-0.05, 0) is 62.0 Å². The Morgan fingerprint density at radius 2 is 1.84 bits per heavy atom. The summed E-state index contributed by atoms with van der Waals surface area (Å²) in [5, 5.41) is 0. The molecule has 164 valence electrons. The highest BCUT2D eigenvalue weighted by atomic mass is 19.4. The van der Waals surface area contributed by atoms with E-state index >= 15 is 0 Å². The highest BCUT2D eigenvalue weighted by Crippen LogP contribution is 2.40. The quantitative estimate of drug-likeness (QED) is 0.750. The minimum absolute atomic E-state index is 0.00448. The molecule has 1 unspecified atom stereocenters. The summed E-state index contributed by atoms with van der Waals surface area (Å²) in [5.74, 6) is 1.06. The zero-order valence-corrected chi connectivity index (χ0v) is 16.9. The molecule has 1 atom stereocenters. The summed E-state index contributed by atoms with van der Waals surface area (Å²) in [4.78, 5) is 33.5. The second-order valence-electron chi connectivity index (χ2n) is 8.34. The van der Waals surface area contributed by atoms with Crippen molar-refractivity contribution in [3.05, 3.63) is 86.0 Å². The van der Waals surface area contributed by atoms with Crippen molar-refractivity contribution in [3.8, 4) is 0 Å². The number of rotatable bonds is 4. The second-order valence-corrected chi connectivity index (χ2v) is 8.34. The standard InChI is InChI=1S/C23H24F3N3O2/c24-23(25,26)17-10-11-27-18(12-17)13-19-20(28-22(31)29-21(19)30)16-8-6-15(7-9-16)14-4-2-1-3-5-14/h1-4,10-12,14-16H,5-9,13H2,(H2,28,29,30,31). The lowest BCUT2D eigenvalue weighted by atomic mass is 9.72. The maximum absolute atomic E-state index is 13.0. The molecule has 0 aromatic carbocycles. The highest BCUT2D eigenvalue weighted by molar-refractivity contribution is 5.29. The van der Waals surface area contributed by atoms with E-state index in [9.17, 15) is 22.8 Å². The zero-order chi connectivity index (χ0) is 22.0. The van der Waals surface area contributed by atoms with Crippen LogP contribution in [0.25, 0.3) is 0 Å². The molecule has 1 saturated carbocycles. The van der Waals surface area contributed by atoms with Gasteiger partial charge in [0.15, 0.2) is 0 Å². The zero-order valence-electron chi connectivity index (χ0n) is 16.9. The first-order valence-electron chi connectivity index (χ1n) is 10.5. The maximum Gasteiger partial charge on any atom is 0.416 e. The molecule has 2 aromatic rings. The molecule has 0 amide bonds. The largest absolute Gasteiger partial charge is 0.416 e. The molecule has 0 radical (unpaired) electrons. The molecular formula is C23H24F3N3O2. The van der Waals surface area contributed by atoms with Crippen molar-refractivity contribution in [2.75, 3.05) is 0 Å². The normalized spacial score (nSPS) is 23.8. The predicted octanol–water partition coefficient (Wildman–Crippen LogP) is 4.47. The summed E-state index contributed by atoms with van der Waals surface area (Å²) in [6.45, 7) is 0. The summed E-state index contributed by atoms with van der Waals surface area (Å²) in [5.41, 5.74) is -1.01. The van der Waals surface area contributed by atoms with Crippen LogP contribution in [-0.4, -0.2) is 15.0 Å². The number of hydrogen-bond acceptors (Lipinski definition) is 3. The van der Waals surface area contributed by atoms with Gasteiger partial charge in [-0.2, -0.15) is 13.2 Å². The third-order valence-electron chi connectivity index (χ3n) is 6.38. The van der Waals surface area contributed by atoms with Crippen LogP contribution in [-0.2, 0) is 12.6 Å². The fourth-order valence-corrected chi connectivity index (χ4v) is 4.77. The fraction of sp³-hybridized carbons (Fsp3) is 0.435. The molecule has 0 saturated heterocycles. The second kappa shape index (κ2) is 8.69. The number of halogens is 3. The number of nitrogens with one attached hydrogen (secondary N) is 2. The van der Waals surface area contributed by atoms with Gasteiger partial charge in [-0.1, -0.05) is 24.3 Å². The third kappa shape index (κ3) is 4.89. The molecule has 0 aliphatic heterocycles. The Balaban J connectivity index is 1.57. The smallest absolute Gasteiger partial charge is 0.311 e.